The molecule has 0 bridgehead atoms. The predicted molar refractivity (Wildman–Crippen MR) is 61.8 cm³/mol. The Balaban J connectivity index is 1.78. The van der Waals surface area contributed by atoms with Crippen LogP contribution in [0.15, 0.2) is 30.3 Å². The first-order chi connectivity index (χ1) is 7.34. The molecule has 2 rings (SSSR count). The molecule has 1 aromatic rings. The number of ether oxygens (including phenoxy) is 1. The van der Waals surface area contributed by atoms with Gasteiger partial charge in [0.05, 0.1) is 12.7 Å². The van der Waals surface area contributed by atoms with Crippen molar-refractivity contribution in [3.8, 4) is 0 Å². The molecule has 1 aliphatic heterocycles. The van der Waals surface area contributed by atoms with Gasteiger partial charge in [-0.1, -0.05) is 30.3 Å². The number of likely N-dealkylation sites (N-methyl/N-ethyl adjacent to an activating group) is 1. The van der Waals surface area contributed by atoms with Gasteiger partial charge in [0.15, 0.2) is 0 Å². The zero-order valence-electron chi connectivity index (χ0n) is 9.36. The lowest BCUT2D eigenvalue weighted by atomic mass is 10.1. The fourth-order valence-electron chi connectivity index (χ4n) is 2.04. The third kappa shape index (κ3) is 3.33. The lowest BCUT2D eigenvalue weighted by molar-refractivity contribution is -0.00355. The molecule has 82 valence electrons. The molecule has 0 spiro atoms. The van der Waals surface area contributed by atoms with Crippen molar-refractivity contribution in [2.75, 3.05) is 20.1 Å². The number of nitrogens with zero attached hydrogens (tertiary/aromatic N) is 1. The van der Waals surface area contributed by atoms with Crippen molar-refractivity contribution in [2.45, 2.75) is 25.6 Å². The monoisotopic (exact) mass is 205 g/mol. The molecule has 1 fully saturated rings. The fraction of sp³-hybridized carbons (Fsp3) is 0.538. The Morgan fingerprint density at radius 1 is 1.33 bits per heavy atom. The standard InChI is InChI=1S/C13H19NO/c1-14-9-5-8-13(10-14)15-11-12-6-3-2-4-7-12/h2-4,6-7,13H,5,8-11H2,1H3. The molecule has 2 nitrogen and oxygen atoms in total. The van der Waals surface area contributed by atoms with Crippen molar-refractivity contribution < 1.29 is 4.74 Å². The molecule has 1 atom stereocenters. The molecule has 1 aliphatic rings. The van der Waals surface area contributed by atoms with Crippen molar-refractivity contribution >= 4 is 0 Å². The maximum atomic E-state index is 5.90. The van der Waals surface area contributed by atoms with E-state index in [2.05, 4.69) is 36.2 Å². The normalized spacial score (nSPS) is 22.9. The number of hydrogen-bond acceptors (Lipinski definition) is 2. The summed E-state index contributed by atoms with van der Waals surface area (Å²) in [5, 5.41) is 0. The van der Waals surface area contributed by atoms with Crippen LogP contribution < -0.4 is 0 Å². The smallest absolute Gasteiger partial charge is 0.0721 e. The quantitative estimate of drug-likeness (QED) is 0.750. The van der Waals surface area contributed by atoms with Crippen LogP contribution in [0.25, 0.3) is 0 Å². The average molecular weight is 205 g/mol. The van der Waals surface area contributed by atoms with Gasteiger partial charge in [-0.05, 0) is 32.0 Å². The number of likely N-dealkylation sites (tertiary alicyclic amines) is 1. The van der Waals surface area contributed by atoms with Gasteiger partial charge in [-0.3, -0.25) is 0 Å². The third-order valence-electron chi connectivity index (χ3n) is 2.91. The van der Waals surface area contributed by atoms with Crippen molar-refractivity contribution in [1.29, 1.82) is 0 Å². The van der Waals surface area contributed by atoms with Gasteiger partial charge in [-0.15, -0.1) is 0 Å². The van der Waals surface area contributed by atoms with E-state index in [1.54, 1.807) is 0 Å². The topological polar surface area (TPSA) is 12.5 Å². The van der Waals surface area contributed by atoms with Crippen molar-refractivity contribution in [2.24, 2.45) is 0 Å². The summed E-state index contributed by atoms with van der Waals surface area (Å²) in [4.78, 5) is 2.35. The predicted octanol–water partition coefficient (Wildman–Crippen LogP) is 2.30. The maximum absolute atomic E-state index is 5.90. The summed E-state index contributed by atoms with van der Waals surface area (Å²) in [6.07, 6.45) is 2.89. The molecular formula is C13H19NO. The third-order valence-corrected chi connectivity index (χ3v) is 2.91. The Labute approximate surface area is 91.9 Å². The van der Waals surface area contributed by atoms with Crippen LogP contribution in [0.1, 0.15) is 18.4 Å². The first-order valence-corrected chi connectivity index (χ1v) is 5.68. The Morgan fingerprint density at radius 3 is 2.87 bits per heavy atom. The molecule has 1 unspecified atom stereocenters. The molecule has 2 heteroatoms. The molecule has 0 N–H and O–H groups in total. The minimum absolute atomic E-state index is 0.420. The summed E-state index contributed by atoms with van der Waals surface area (Å²) in [5.74, 6) is 0. The van der Waals surface area contributed by atoms with E-state index >= 15 is 0 Å². The Morgan fingerprint density at radius 2 is 2.13 bits per heavy atom. The van der Waals surface area contributed by atoms with Crippen LogP contribution >= 0.6 is 0 Å². The zero-order valence-corrected chi connectivity index (χ0v) is 9.36. The summed E-state index contributed by atoms with van der Waals surface area (Å²) in [7, 11) is 2.16. The van der Waals surface area contributed by atoms with Crippen LogP contribution in [0, 0.1) is 0 Å². The molecule has 1 aromatic carbocycles. The lowest BCUT2D eigenvalue weighted by Gasteiger charge is -2.29. The number of piperidine rings is 1. The SMILES string of the molecule is CN1CCCC(OCc2ccccc2)C1. The van der Waals surface area contributed by atoms with Gasteiger partial charge in [0.25, 0.3) is 0 Å². The zero-order chi connectivity index (χ0) is 10.5. The molecule has 1 heterocycles. The van der Waals surface area contributed by atoms with Crippen LogP contribution in [0.3, 0.4) is 0 Å². The molecule has 0 radical (unpaired) electrons. The Bertz CT molecular complexity index is 286. The first-order valence-electron chi connectivity index (χ1n) is 5.68. The van der Waals surface area contributed by atoms with E-state index in [1.165, 1.54) is 24.9 Å². The largest absolute Gasteiger partial charge is 0.372 e. The van der Waals surface area contributed by atoms with E-state index in [9.17, 15) is 0 Å². The highest BCUT2D eigenvalue weighted by Gasteiger charge is 2.17. The highest BCUT2D eigenvalue weighted by Crippen LogP contribution is 2.13. The second-order valence-corrected chi connectivity index (χ2v) is 4.32. The van der Waals surface area contributed by atoms with Gasteiger partial charge in [-0.25, -0.2) is 0 Å². The lowest BCUT2D eigenvalue weighted by Crippen LogP contribution is -2.36. The summed E-state index contributed by atoms with van der Waals surface area (Å²) in [6.45, 7) is 3.04. The maximum Gasteiger partial charge on any atom is 0.0721 e. The van der Waals surface area contributed by atoms with Gasteiger partial charge in [-0.2, -0.15) is 0 Å². The van der Waals surface area contributed by atoms with Crippen LogP contribution in [0.5, 0.6) is 0 Å². The van der Waals surface area contributed by atoms with Gasteiger partial charge < -0.3 is 9.64 Å². The molecule has 0 saturated carbocycles. The second kappa shape index (κ2) is 5.29. The van der Waals surface area contributed by atoms with E-state index in [4.69, 9.17) is 4.74 Å². The minimum Gasteiger partial charge on any atom is -0.372 e. The van der Waals surface area contributed by atoms with Crippen LogP contribution in [0.4, 0.5) is 0 Å². The minimum atomic E-state index is 0.420. The van der Waals surface area contributed by atoms with Gasteiger partial charge in [0.1, 0.15) is 0 Å². The summed E-state index contributed by atoms with van der Waals surface area (Å²) < 4.78 is 5.90. The molecule has 0 amide bonds. The van der Waals surface area contributed by atoms with E-state index in [0.717, 1.165) is 13.2 Å². The fourth-order valence-corrected chi connectivity index (χ4v) is 2.04. The van der Waals surface area contributed by atoms with E-state index in [1.807, 2.05) is 6.07 Å². The van der Waals surface area contributed by atoms with E-state index in [0.29, 0.717) is 6.10 Å². The van der Waals surface area contributed by atoms with Gasteiger partial charge in [0.2, 0.25) is 0 Å². The first kappa shape index (κ1) is 10.7. The Kier molecular flexibility index (Phi) is 3.75. The number of hydrogen-bond donors (Lipinski definition) is 0. The highest BCUT2D eigenvalue weighted by atomic mass is 16.5. The molecular weight excluding hydrogens is 186 g/mol. The van der Waals surface area contributed by atoms with Gasteiger partial charge >= 0.3 is 0 Å². The highest BCUT2D eigenvalue weighted by molar-refractivity contribution is 5.13. The summed E-state index contributed by atoms with van der Waals surface area (Å²) >= 11 is 0. The van der Waals surface area contributed by atoms with Crippen LogP contribution in [-0.4, -0.2) is 31.1 Å². The van der Waals surface area contributed by atoms with Crippen molar-refractivity contribution in [3.05, 3.63) is 35.9 Å². The van der Waals surface area contributed by atoms with Crippen LogP contribution in [-0.2, 0) is 11.3 Å². The second-order valence-electron chi connectivity index (χ2n) is 4.32. The summed E-state index contributed by atoms with van der Waals surface area (Å²) in [6, 6.07) is 10.4. The number of benzene rings is 1. The molecule has 1 saturated heterocycles. The molecule has 0 aromatic heterocycles. The van der Waals surface area contributed by atoms with Gasteiger partial charge in [0, 0.05) is 6.54 Å². The molecule has 15 heavy (non-hydrogen) atoms. The average Bonchev–Trinajstić information content (AvgIpc) is 2.28. The molecule has 0 aliphatic carbocycles. The van der Waals surface area contributed by atoms with Crippen molar-refractivity contribution in [3.63, 3.8) is 0 Å². The van der Waals surface area contributed by atoms with Crippen molar-refractivity contribution in [1.82, 2.24) is 4.90 Å². The summed E-state index contributed by atoms with van der Waals surface area (Å²) in [5.41, 5.74) is 1.27. The van der Waals surface area contributed by atoms with E-state index < -0.39 is 0 Å². The van der Waals surface area contributed by atoms with Crippen LogP contribution in [0.2, 0.25) is 0 Å². The number of rotatable bonds is 3. The van der Waals surface area contributed by atoms with E-state index in [-0.39, 0.29) is 0 Å². The Hall–Kier alpha value is -0.860.